The monoisotopic (exact) mass is 317 g/mol. The maximum atomic E-state index is 11.2. The van der Waals surface area contributed by atoms with Crippen LogP contribution in [0.5, 0.6) is 0 Å². The summed E-state index contributed by atoms with van der Waals surface area (Å²) in [4.78, 5) is 17.9. The second-order valence-electron chi connectivity index (χ2n) is 6.46. The zero-order chi connectivity index (χ0) is 16.4. The minimum atomic E-state index is -0.499. The molecule has 0 aliphatic carbocycles. The first-order chi connectivity index (χ1) is 11.0. The molecule has 23 heavy (non-hydrogen) atoms. The van der Waals surface area contributed by atoms with Crippen molar-refractivity contribution < 1.29 is 9.21 Å². The summed E-state index contributed by atoms with van der Waals surface area (Å²) in [6.07, 6.45) is 3.97. The van der Waals surface area contributed by atoms with E-state index in [-0.39, 0.29) is 0 Å². The number of nitrogens with zero attached hydrogens (tertiary/aromatic N) is 3. The van der Waals surface area contributed by atoms with Crippen molar-refractivity contribution in [1.82, 2.24) is 20.1 Å². The molecular formula is C16H23N5O2. The summed E-state index contributed by atoms with van der Waals surface area (Å²) in [7, 11) is 0. The van der Waals surface area contributed by atoms with E-state index in [1.54, 1.807) is 6.07 Å². The molecule has 2 aromatic heterocycles. The number of carbonyl (C=O) groups is 1. The van der Waals surface area contributed by atoms with Crippen molar-refractivity contribution in [2.24, 2.45) is 5.73 Å². The van der Waals surface area contributed by atoms with Crippen molar-refractivity contribution in [2.45, 2.75) is 45.1 Å². The van der Waals surface area contributed by atoms with Crippen molar-refractivity contribution >= 4 is 5.91 Å². The molecule has 3 heterocycles. The fourth-order valence-electron chi connectivity index (χ4n) is 2.98. The number of oxazole rings is 1. The average Bonchev–Trinajstić information content (AvgIpc) is 3.16. The Labute approximate surface area is 135 Å². The smallest absolute Gasteiger partial charge is 0.269 e. The third-order valence-electron chi connectivity index (χ3n) is 4.29. The van der Waals surface area contributed by atoms with Crippen LogP contribution in [0.3, 0.4) is 0 Å². The Morgan fingerprint density at radius 2 is 2.39 bits per heavy atom. The standard InChI is InChI=1S/C16H23N5O2/c1-10(2)14-7-18-15(23-14)9-21-5-3-4-11(8-21)12-6-13(16(17)22)20-19-12/h6-7,10-11H,3-5,8-9H2,1-2H3,(H2,17,22)(H,19,20)/t11-/m0/s1. The number of nitrogens with one attached hydrogen (secondary N) is 1. The summed E-state index contributed by atoms with van der Waals surface area (Å²) >= 11 is 0. The van der Waals surface area contributed by atoms with Crippen molar-refractivity contribution in [2.75, 3.05) is 13.1 Å². The van der Waals surface area contributed by atoms with Crippen molar-refractivity contribution in [3.63, 3.8) is 0 Å². The lowest BCUT2D eigenvalue weighted by Gasteiger charge is -2.31. The highest BCUT2D eigenvalue weighted by Crippen LogP contribution is 2.27. The molecule has 7 nitrogen and oxygen atoms in total. The summed E-state index contributed by atoms with van der Waals surface area (Å²) in [5, 5.41) is 6.92. The van der Waals surface area contributed by atoms with Gasteiger partial charge >= 0.3 is 0 Å². The zero-order valence-electron chi connectivity index (χ0n) is 13.6. The number of H-pyrrole nitrogens is 1. The number of aromatic nitrogens is 3. The summed E-state index contributed by atoms with van der Waals surface area (Å²) in [5.41, 5.74) is 6.53. The normalized spacial score (nSPS) is 19.3. The molecule has 3 rings (SSSR count). The number of primary amides is 1. The van der Waals surface area contributed by atoms with Gasteiger partial charge in [-0.2, -0.15) is 5.10 Å². The first kappa shape index (κ1) is 15.7. The van der Waals surface area contributed by atoms with Crippen molar-refractivity contribution in [3.05, 3.63) is 35.3 Å². The van der Waals surface area contributed by atoms with E-state index in [4.69, 9.17) is 10.2 Å². The SMILES string of the molecule is CC(C)c1cnc(CN2CCC[C@H](c3cc(C(N)=O)n[nH]3)C2)o1. The summed E-state index contributed by atoms with van der Waals surface area (Å²) in [5.74, 6) is 1.86. The Balaban J connectivity index is 1.64. The van der Waals surface area contributed by atoms with Gasteiger partial charge in [0.1, 0.15) is 11.5 Å². The second-order valence-corrected chi connectivity index (χ2v) is 6.46. The number of piperidine rings is 1. The lowest BCUT2D eigenvalue weighted by molar-refractivity contribution is 0.0995. The molecule has 1 aliphatic heterocycles. The highest BCUT2D eigenvalue weighted by Gasteiger charge is 2.24. The van der Waals surface area contributed by atoms with Crippen LogP contribution >= 0.6 is 0 Å². The Hall–Kier alpha value is -2.15. The summed E-state index contributed by atoms with van der Waals surface area (Å²) in [6, 6.07) is 1.76. The van der Waals surface area contributed by atoms with Crippen molar-refractivity contribution in [1.29, 1.82) is 0 Å². The maximum Gasteiger partial charge on any atom is 0.269 e. The molecule has 1 aliphatic rings. The van der Waals surface area contributed by atoms with Gasteiger partial charge in [0.25, 0.3) is 5.91 Å². The first-order valence-corrected chi connectivity index (χ1v) is 8.05. The van der Waals surface area contributed by atoms with E-state index in [1.165, 1.54) is 0 Å². The van der Waals surface area contributed by atoms with Crippen LogP contribution in [0, 0.1) is 0 Å². The maximum absolute atomic E-state index is 11.2. The number of aromatic amines is 1. The number of likely N-dealkylation sites (tertiary alicyclic amines) is 1. The van der Waals surface area contributed by atoms with E-state index >= 15 is 0 Å². The molecule has 1 saturated heterocycles. The largest absolute Gasteiger partial charge is 0.444 e. The zero-order valence-corrected chi connectivity index (χ0v) is 13.6. The third-order valence-corrected chi connectivity index (χ3v) is 4.29. The molecule has 0 saturated carbocycles. The first-order valence-electron chi connectivity index (χ1n) is 8.05. The fraction of sp³-hybridized carbons (Fsp3) is 0.562. The van der Waals surface area contributed by atoms with Gasteiger partial charge in [0.2, 0.25) is 5.89 Å². The van der Waals surface area contributed by atoms with E-state index in [0.717, 1.165) is 43.3 Å². The third kappa shape index (κ3) is 3.61. The van der Waals surface area contributed by atoms with E-state index in [0.29, 0.717) is 24.1 Å². The van der Waals surface area contributed by atoms with Crippen LogP contribution in [-0.2, 0) is 6.54 Å². The number of hydrogen-bond acceptors (Lipinski definition) is 5. The molecule has 1 fully saturated rings. The van der Waals surface area contributed by atoms with E-state index in [1.807, 2.05) is 6.20 Å². The van der Waals surface area contributed by atoms with Crippen LogP contribution in [0.25, 0.3) is 0 Å². The van der Waals surface area contributed by atoms with Crippen LogP contribution in [0.4, 0.5) is 0 Å². The molecule has 0 unspecified atom stereocenters. The Bertz CT molecular complexity index is 676. The Kier molecular flexibility index (Phi) is 4.47. The predicted molar refractivity (Wildman–Crippen MR) is 84.9 cm³/mol. The lowest BCUT2D eigenvalue weighted by atomic mass is 9.94. The predicted octanol–water partition coefficient (Wildman–Crippen LogP) is 2.00. The lowest BCUT2D eigenvalue weighted by Crippen LogP contribution is -2.34. The molecule has 0 bridgehead atoms. The van der Waals surface area contributed by atoms with Gasteiger partial charge < -0.3 is 10.2 Å². The molecule has 3 N–H and O–H groups in total. The van der Waals surface area contributed by atoms with Gasteiger partial charge in [-0.1, -0.05) is 13.8 Å². The van der Waals surface area contributed by atoms with E-state index in [9.17, 15) is 4.79 Å². The molecule has 0 radical (unpaired) electrons. The summed E-state index contributed by atoms with van der Waals surface area (Å²) < 4.78 is 5.79. The molecule has 0 spiro atoms. The van der Waals surface area contributed by atoms with Gasteiger partial charge in [-0.3, -0.25) is 14.8 Å². The van der Waals surface area contributed by atoms with E-state index in [2.05, 4.69) is 33.9 Å². The van der Waals surface area contributed by atoms with Gasteiger partial charge in [-0.05, 0) is 25.5 Å². The van der Waals surface area contributed by atoms with Gasteiger partial charge in [-0.25, -0.2) is 4.98 Å². The number of carbonyl (C=O) groups excluding carboxylic acids is 1. The van der Waals surface area contributed by atoms with Crippen LogP contribution in [-0.4, -0.2) is 39.1 Å². The van der Waals surface area contributed by atoms with Crippen LogP contribution < -0.4 is 5.73 Å². The molecule has 1 amide bonds. The van der Waals surface area contributed by atoms with Crippen LogP contribution in [0.1, 0.15) is 66.4 Å². The van der Waals surface area contributed by atoms with Crippen LogP contribution in [0.15, 0.2) is 16.7 Å². The van der Waals surface area contributed by atoms with Crippen molar-refractivity contribution in [3.8, 4) is 0 Å². The Morgan fingerprint density at radius 1 is 1.57 bits per heavy atom. The van der Waals surface area contributed by atoms with Gasteiger partial charge in [0.15, 0.2) is 0 Å². The number of hydrogen-bond donors (Lipinski definition) is 2. The highest BCUT2D eigenvalue weighted by atomic mass is 16.4. The minimum Gasteiger partial charge on any atom is -0.444 e. The van der Waals surface area contributed by atoms with Gasteiger partial charge in [-0.15, -0.1) is 0 Å². The summed E-state index contributed by atoms with van der Waals surface area (Å²) in [6.45, 7) is 6.80. The van der Waals surface area contributed by atoms with Crippen LogP contribution in [0.2, 0.25) is 0 Å². The minimum absolute atomic E-state index is 0.298. The highest BCUT2D eigenvalue weighted by molar-refractivity contribution is 5.90. The quantitative estimate of drug-likeness (QED) is 0.878. The average molecular weight is 317 g/mol. The van der Waals surface area contributed by atoms with Gasteiger partial charge in [0.05, 0.1) is 12.7 Å². The number of amides is 1. The van der Waals surface area contributed by atoms with Gasteiger partial charge in [0, 0.05) is 24.1 Å². The molecule has 1 atom stereocenters. The Morgan fingerprint density at radius 3 is 3.04 bits per heavy atom. The molecule has 7 heteroatoms. The fourth-order valence-corrected chi connectivity index (χ4v) is 2.98. The molecular weight excluding hydrogens is 294 g/mol. The molecule has 124 valence electrons. The molecule has 0 aromatic carbocycles. The molecule has 2 aromatic rings. The number of rotatable bonds is 5. The second kappa shape index (κ2) is 6.54. The topological polar surface area (TPSA) is 101 Å². The number of nitrogens with two attached hydrogens (primary N) is 1. The van der Waals surface area contributed by atoms with E-state index < -0.39 is 5.91 Å².